The van der Waals surface area contributed by atoms with Crippen molar-refractivity contribution >= 4 is 0 Å². The van der Waals surface area contributed by atoms with Crippen molar-refractivity contribution in [1.82, 2.24) is 30.2 Å². The van der Waals surface area contributed by atoms with Crippen LogP contribution < -0.4 is 5.32 Å². The van der Waals surface area contributed by atoms with E-state index in [-0.39, 0.29) is 6.04 Å². The summed E-state index contributed by atoms with van der Waals surface area (Å²) in [5.74, 6) is 2.61. The first-order valence-corrected chi connectivity index (χ1v) is 5.23. The van der Waals surface area contributed by atoms with Crippen LogP contribution in [0.2, 0.25) is 0 Å². The Labute approximate surface area is 91.9 Å². The zero-order chi connectivity index (χ0) is 11.1. The molecule has 7 nitrogen and oxygen atoms in total. The number of aromatic nitrogens is 5. The predicted molar refractivity (Wildman–Crippen MR) is 54.5 cm³/mol. The highest BCUT2D eigenvalue weighted by Gasteiger charge is 2.24. The highest BCUT2D eigenvalue weighted by atomic mass is 16.5. The maximum Gasteiger partial charge on any atom is 0.295 e. The van der Waals surface area contributed by atoms with Crippen molar-refractivity contribution in [3.8, 4) is 11.7 Å². The van der Waals surface area contributed by atoms with Gasteiger partial charge >= 0.3 is 0 Å². The zero-order valence-corrected chi connectivity index (χ0v) is 9.14. The van der Waals surface area contributed by atoms with E-state index in [4.69, 9.17) is 4.52 Å². The van der Waals surface area contributed by atoms with E-state index in [0.717, 1.165) is 18.9 Å². The second kappa shape index (κ2) is 3.38. The maximum absolute atomic E-state index is 5.11. The van der Waals surface area contributed by atoms with Gasteiger partial charge in [0.2, 0.25) is 5.82 Å². The summed E-state index contributed by atoms with van der Waals surface area (Å²) >= 11 is 0. The highest BCUT2D eigenvalue weighted by molar-refractivity contribution is 5.40. The number of hydrogen-bond acceptors (Lipinski definition) is 6. The third kappa shape index (κ3) is 1.32. The van der Waals surface area contributed by atoms with Crippen LogP contribution in [0.15, 0.2) is 4.52 Å². The molecule has 1 aliphatic heterocycles. The Balaban J connectivity index is 2.09. The number of hydrogen-bond donors (Lipinski definition) is 1. The van der Waals surface area contributed by atoms with Crippen molar-refractivity contribution in [2.24, 2.45) is 0 Å². The molecule has 7 heteroatoms. The molecule has 1 atom stereocenters. The van der Waals surface area contributed by atoms with Crippen molar-refractivity contribution in [3.05, 3.63) is 11.6 Å². The molecule has 2 aromatic heterocycles. The fourth-order valence-electron chi connectivity index (χ4n) is 1.89. The molecule has 3 rings (SSSR count). The molecule has 1 N–H and O–H groups in total. The monoisotopic (exact) mass is 220 g/mol. The average Bonchev–Trinajstić information content (AvgIpc) is 2.84. The first-order chi connectivity index (χ1) is 7.75. The Morgan fingerprint density at radius 1 is 1.44 bits per heavy atom. The molecule has 0 bridgehead atoms. The highest BCUT2D eigenvalue weighted by Crippen LogP contribution is 2.21. The van der Waals surface area contributed by atoms with Gasteiger partial charge in [0.1, 0.15) is 5.82 Å². The summed E-state index contributed by atoms with van der Waals surface area (Å²) in [7, 11) is 0. The van der Waals surface area contributed by atoms with Crippen LogP contribution >= 0.6 is 0 Å². The van der Waals surface area contributed by atoms with Gasteiger partial charge in [0, 0.05) is 13.1 Å². The van der Waals surface area contributed by atoms with Gasteiger partial charge in [0.25, 0.3) is 5.89 Å². The molecule has 0 aliphatic carbocycles. The normalized spacial score (nSPS) is 19.8. The maximum atomic E-state index is 5.11. The molecule has 0 saturated heterocycles. The quantitative estimate of drug-likeness (QED) is 0.744. The molecule has 1 aliphatic rings. The van der Waals surface area contributed by atoms with Crippen LogP contribution in [0.4, 0.5) is 0 Å². The molecular weight excluding hydrogens is 208 g/mol. The number of rotatable bonds is 1. The van der Waals surface area contributed by atoms with Gasteiger partial charge in [0.15, 0.2) is 5.82 Å². The lowest BCUT2D eigenvalue weighted by Crippen LogP contribution is -2.32. The number of aryl methyl sites for hydroxylation is 1. The van der Waals surface area contributed by atoms with Crippen molar-refractivity contribution in [1.29, 1.82) is 0 Å². The Hall–Kier alpha value is -1.76. The van der Waals surface area contributed by atoms with Gasteiger partial charge in [-0.25, -0.2) is 0 Å². The van der Waals surface area contributed by atoms with Gasteiger partial charge in [0.05, 0.1) is 6.04 Å². The SMILES string of the molecule is Cc1noc(-c2nnc3n2CCN[C@@H]3C)n1. The summed E-state index contributed by atoms with van der Waals surface area (Å²) in [5.41, 5.74) is 0. The van der Waals surface area contributed by atoms with Gasteiger partial charge in [-0.05, 0) is 13.8 Å². The van der Waals surface area contributed by atoms with Crippen molar-refractivity contribution in [3.63, 3.8) is 0 Å². The van der Waals surface area contributed by atoms with Crippen molar-refractivity contribution < 1.29 is 4.52 Å². The van der Waals surface area contributed by atoms with Gasteiger partial charge in [-0.15, -0.1) is 10.2 Å². The molecule has 0 amide bonds. The smallest absolute Gasteiger partial charge is 0.295 e. The first kappa shape index (κ1) is 9.46. The second-order valence-electron chi connectivity index (χ2n) is 3.86. The molecule has 0 saturated carbocycles. The standard InChI is InChI=1S/C9H12N6O/c1-5-7-12-13-8(15(7)4-3-10-5)9-11-6(2)14-16-9/h5,10H,3-4H2,1-2H3/t5-/m1/s1. The summed E-state index contributed by atoms with van der Waals surface area (Å²) < 4.78 is 7.13. The molecule has 2 aromatic rings. The van der Waals surface area contributed by atoms with Gasteiger partial charge in [-0.1, -0.05) is 5.16 Å². The third-order valence-electron chi connectivity index (χ3n) is 2.67. The minimum absolute atomic E-state index is 0.207. The molecule has 0 radical (unpaired) electrons. The molecule has 16 heavy (non-hydrogen) atoms. The van der Waals surface area contributed by atoms with Gasteiger partial charge in [-0.2, -0.15) is 4.98 Å². The van der Waals surface area contributed by atoms with E-state index in [1.807, 2.05) is 4.57 Å². The van der Waals surface area contributed by atoms with E-state index in [1.54, 1.807) is 6.92 Å². The molecule has 84 valence electrons. The van der Waals surface area contributed by atoms with E-state index in [2.05, 4.69) is 32.6 Å². The van der Waals surface area contributed by atoms with E-state index in [1.165, 1.54) is 0 Å². The number of nitrogens with zero attached hydrogens (tertiary/aromatic N) is 5. The lowest BCUT2D eigenvalue weighted by molar-refractivity contribution is 0.410. The van der Waals surface area contributed by atoms with Crippen LogP contribution in [0.5, 0.6) is 0 Å². The zero-order valence-electron chi connectivity index (χ0n) is 9.14. The van der Waals surface area contributed by atoms with E-state index in [9.17, 15) is 0 Å². The lowest BCUT2D eigenvalue weighted by Gasteiger charge is -2.21. The lowest BCUT2D eigenvalue weighted by atomic mass is 10.2. The third-order valence-corrected chi connectivity index (χ3v) is 2.67. The molecule has 0 fully saturated rings. The summed E-state index contributed by atoms with van der Waals surface area (Å²) in [6, 6.07) is 0.207. The van der Waals surface area contributed by atoms with E-state index in [0.29, 0.717) is 17.5 Å². The van der Waals surface area contributed by atoms with E-state index < -0.39 is 0 Å². The molecule has 3 heterocycles. The summed E-state index contributed by atoms with van der Waals surface area (Å²) in [6.07, 6.45) is 0. The van der Waals surface area contributed by atoms with Crippen LogP contribution in [-0.4, -0.2) is 31.4 Å². The predicted octanol–water partition coefficient (Wildman–Crippen LogP) is 0.301. The van der Waals surface area contributed by atoms with Crippen LogP contribution in [-0.2, 0) is 6.54 Å². The molecule has 0 unspecified atom stereocenters. The topological polar surface area (TPSA) is 81.7 Å². The van der Waals surface area contributed by atoms with Crippen LogP contribution in [0.25, 0.3) is 11.7 Å². The second-order valence-corrected chi connectivity index (χ2v) is 3.86. The Morgan fingerprint density at radius 2 is 2.31 bits per heavy atom. The fourth-order valence-corrected chi connectivity index (χ4v) is 1.89. The Bertz CT molecular complexity index is 516. The molecule has 0 spiro atoms. The van der Waals surface area contributed by atoms with Crippen LogP contribution in [0, 0.1) is 6.92 Å². The fraction of sp³-hybridized carbons (Fsp3) is 0.556. The van der Waals surface area contributed by atoms with Gasteiger partial charge < -0.3 is 14.4 Å². The average molecular weight is 220 g/mol. The van der Waals surface area contributed by atoms with Crippen molar-refractivity contribution in [2.75, 3.05) is 6.54 Å². The first-order valence-electron chi connectivity index (χ1n) is 5.23. The summed E-state index contributed by atoms with van der Waals surface area (Å²) in [5, 5.41) is 15.3. The Morgan fingerprint density at radius 3 is 3.06 bits per heavy atom. The Kier molecular flexibility index (Phi) is 2.00. The van der Waals surface area contributed by atoms with Crippen molar-refractivity contribution in [2.45, 2.75) is 26.4 Å². The summed E-state index contributed by atoms with van der Waals surface area (Å²) in [4.78, 5) is 4.16. The van der Waals surface area contributed by atoms with Crippen LogP contribution in [0.3, 0.4) is 0 Å². The van der Waals surface area contributed by atoms with E-state index >= 15 is 0 Å². The van der Waals surface area contributed by atoms with Crippen LogP contribution in [0.1, 0.15) is 24.6 Å². The largest absolute Gasteiger partial charge is 0.330 e. The number of nitrogens with one attached hydrogen (secondary N) is 1. The molecule has 0 aromatic carbocycles. The molecular formula is C9H12N6O. The van der Waals surface area contributed by atoms with Gasteiger partial charge in [-0.3, -0.25) is 0 Å². The summed E-state index contributed by atoms with van der Waals surface area (Å²) in [6.45, 7) is 5.56. The minimum Gasteiger partial charge on any atom is -0.330 e. The minimum atomic E-state index is 0.207. The number of fused-ring (bicyclic) bond motifs is 1.